The van der Waals surface area contributed by atoms with Crippen molar-refractivity contribution in [1.82, 2.24) is 4.90 Å². The van der Waals surface area contributed by atoms with Crippen molar-refractivity contribution >= 4 is 6.09 Å². The Bertz CT molecular complexity index is 1150. The van der Waals surface area contributed by atoms with Crippen molar-refractivity contribution in [3.63, 3.8) is 0 Å². The third-order valence-corrected chi connectivity index (χ3v) is 6.49. The number of nitriles is 3. The van der Waals surface area contributed by atoms with Crippen LogP contribution in [-0.4, -0.2) is 44.4 Å². The number of unbranched alkanes of at least 4 members (excludes halogenated alkanes) is 1. The molecule has 0 bridgehead atoms. The summed E-state index contributed by atoms with van der Waals surface area (Å²) in [5, 5.41) is 30.4. The molecule has 182 valence electrons. The van der Waals surface area contributed by atoms with Crippen molar-refractivity contribution in [2.24, 2.45) is 17.1 Å². The summed E-state index contributed by atoms with van der Waals surface area (Å²) >= 11 is 0. The molecule has 0 fully saturated rings. The summed E-state index contributed by atoms with van der Waals surface area (Å²) in [5.41, 5.74) is 5.82. The molecule has 1 aromatic carbocycles. The molecule has 0 spiro atoms. The molecular weight excluding hydrogens is 446 g/mol. The second-order valence-corrected chi connectivity index (χ2v) is 8.39. The number of rotatable bonds is 7. The van der Waals surface area contributed by atoms with Crippen LogP contribution >= 0.6 is 0 Å². The molecule has 0 saturated carbocycles. The number of carbonyl (C=O) groups excluding carboxylic acids is 1. The van der Waals surface area contributed by atoms with E-state index in [1.54, 1.807) is 31.2 Å². The number of hydrogen-bond donors (Lipinski definition) is 1. The molecule has 0 aromatic heterocycles. The summed E-state index contributed by atoms with van der Waals surface area (Å²) < 4.78 is 16.6. The van der Waals surface area contributed by atoms with Crippen LogP contribution in [0.4, 0.5) is 4.79 Å². The second-order valence-electron chi connectivity index (χ2n) is 8.39. The number of carbonyl (C=O) groups is 1. The number of nitrogens with two attached hydrogens (primary N) is 1. The summed E-state index contributed by atoms with van der Waals surface area (Å²) in [6.07, 6.45) is 3.12. The van der Waals surface area contributed by atoms with Crippen molar-refractivity contribution in [2.45, 2.75) is 32.6 Å². The highest BCUT2D eigenvalue weighted by Crippen LogP contribution is 2.54. The van der Waals surface area contributed by atoms with Crippen LogP contribution in [0.5, 0.6) is 11.5 Å². The SMILES string of the molecule is CCCCOc1ccc([C@H]2[C@@H]3CN(C(=O)OCC)CC=C3C(C#N)=C(N)C2(C#N)C#N)cc1OC. The van der Waals surface area contributed by atoms with Gasteiger partial charge in [-0.05, 0) is 36.6 Å². The average Bonchev–Trinajstić information content (AvgIpc) is 2.88. The fourth-order valence-corrected chi connectivity index (χ4v) is 4.74. The molecule has 9 nitrogen and oxygen atoms in total. The highest BCUT2D eigenvalue weighted by Gasteiger charge is 2.55. The molecule has 0 unspecified atom stereocenters. The lowest BCUT2D eigenvalue weighted by atomic mass is 9.58. The Morgan fingerprint density at radius 3 is 2.57 bits per heavy atom. The van der Waals surface area contributed by atoms with Crippen LogP contribution in [0.1, 0.15) is 38.2 Å². The summed E-state index contributed by atoms with van der Waals surface area (Å²) in [5.74, 6) is -0.294. The molecule has 3 rings (SSSR count). The normalized spacial score (nSPS) is 20.5. The Balaban J connectivity index is 2.18. The van der Waals surface area contributed by atoms with Gasteiger partial charge in [0.15, 0.2) is 16.9 Å². The predicted molar refractivity (Wildman–Crippen MR) is 127 cm³/mol. The van der Waals surface area contributed by atoms with Gasteiger partial charge in [0, 0.05) is 24.9 Å². The Morgan fingerprint density at radius 2 is 1.97 bits per heavy atom. The van der Waals surface area contributed by atoms with Gasteiger partial charge < -0.3 is 24.8 Å². The van der Waals surface area contributed by atoms with Crippen LogP contribution in [0.25, 0.3) is 0 Å². The van der Waals surface area contributed by atoms with Gasteiger partial charge in [0.2, 0.25) is 0 Å². The van der Waals surface area contributed by atoms with Crippen LogP contribution in [0.15, 0.2) is 41.1 Å². The van der Waals surface area contributed by atoms with E-state index in [4.69, 9.17) is 19.9 Å². The number of ether oxygens (including phenoxy) is 3. The van der Waals surface area contributed by atoms with E-state index in [0.717, 1.165) is 12.8 Å². The lowest BCUT2D eigenvalue weighted by Gasteiger charge is -2.45. The summed E-state index contributed by atoms with van der Waals surface area (Å²) in [6, 6.07) is 11.5. The predicted octanol–water partition coefficient (Wildman–Crippen LogP) is 3.76. The van der Waals surface area contributed by atoms with Gasteiger partial charge in [-0.2, -0.15) is 15.8 Å². The van der Waals surface area contributed by atoms with E-state index in [1.807, 2.05) is 0 Å². The highest BCUT2D eigenvalue weighted by molar-refractivity contribution is 5.69. The standard InChI is InChI=1S/C26H29N5O4/c1-4-6-11-35-21-8-7-17(12-22(21)33-3)23-20-14-31(25(32)34-5-2)10-9-18(20)19(13-27)24(30)26(23,15-28)16-29/h7-9,12,20,23H,4-6,10-11,14,30H2,1-3H3/t20-,23+/m1/s1. The topological polar surface area (TPSA) is 145 Å². The Morgan fingerprint density at radius 1 is 1.23 bits per heavy atom. The third-order valence-electron chi connectivity index (χ3n) is 6.49. The van der Waals surface area contributed by atoms with E-state index in [-0.39, 0.29) is 31.0 Å². The number of fused-ring (bicyclic) bond motifs is 1. The van der Waals surface area contributed by atoms with E-state index in [1.165, 1.54) is 12.0 Å². The van der Waals surface area contributed by atoms with E-state index >= 15 is 0 Å². The first-order valence-corrected chi connectivity index (χ1v) is 11.6. The van der Waals surface area contributed by atoms with Crippen molar-refractivity contribution in [2.75, 3.05) is 33.4 Å². The van der Waals surface area contributed by atoms with Gasteiger partial charge in [-0.25, -0.2) is 4.79 Å². The van der Waals surface area contributed by atoms with Crippen LogP contribution in [0.3, 0.4) is 0 Å². The summed E-state index contributed by atoms with van der Waals surface area (Å²) in [7, 11) is 1.52. The number of nitrogens with zero attached hydrogens (tertiary/aromatic N) is 4. The highest BCUT2D eigenvalue weighted by atomic mass is 16.6. The molecule has 9 heteroatoms. The maximum atomic E-state index is 12.5. The fourth-order valence-electron chi connectivity index (χ4n) is 4.74. The van der Waals surface area contributed by atoms with Gasteiger partial charge >= 0.3 is 6.09 Å². The molecule has 35 heavy (non-hydrogen) atoms. The number of allylic oxidation sites excluding steroid dienone is 2. The van der Waals surface area contributed by atoms with Crippen LogP contribution in [0.2, 0.25) is 0 Å². The number of methoxy groups -OCH3 is 1. The zero-order valence-corrected chi connectivity index (χ0v) is 20.2. The minimum atomic E-state index is -1.82. The lowest BCUT2D eigenvalue weighted by Crippen LogP contribution is -2.49. The zero-order valence-electron chi connectivity index (χ0n) is 20.2. The molecule has 0 saturated heterocycles. The van der Waals surface area contributed by atoms with Gasteiger partial charge in [-0.15, -0.1) is 0 Å². The average molecular weight is 476 g/mol. The van der Waals surface area contributed by atoms with Gasteiger partial charge in [0.05, 0.1) is 43.7 Å². The third kappa shape index (κ3) is 4.48. The molecule has 1 heterocycles. The quantitative estimate of drug-likeness (QED) is 0.587. The maximum Gasteiger partial charge on any atom is 0.410 e. The number of hydrogen-bond acceptors (Lipinski definition) is 8. The molecule has 1 aromatic rings. The van der Waals surface area contributed by atoms with Gasteiger partial charge in [-0.1, -0.05) is 25.5 Å². The van der Waals surface area contributed by atoms with Crippen molar-refractivity contribution in [3.05, 3.63) is 46.7 Å². The molecule has 2 N–H and O–H groups in total. The minimum Gasteiger partial charge on any atom is -0.493 e. The van der Waals surface area contributed by atoms with Crippen LogP contribution in [-0.2, 0) is 4.74 Å². The largest absolute Gasteiger partial charge is 0.493 e. The smallest absolute Gasteiger partial charge is 0.410 e. The van der Waals surface area contributed by atoms with Crippen molar-refractivity contribution < 1.29 is 19.0 Å². The zero-order chi connectivity index (χ0) is 25.6. The molecule has 2 aliphatic rings. The summed E-state index contributed by atoms with van der Waals surface area (Å²) in [6.45, 7) is 4.93. The molecule has 1 aliphatic carbocycles. The van der Waals surface area contributed by atoms with Gasteiger partial charge in [0.1, 0.15) is 6.07 Å². The van der Waals surface area contributed by atoms with Crippen LogP contribution in [0, 0.1) is 45.3 Å². The van der Waals surface area contributed by atoms with Gasteiger partial charge in [0.25, 0.3) is 0 Å². The molecule has 2 atom stereocenters. The summed E-state index contributed by atoms with van der Waals surface area (Å²) in [4.78, 5) is 14.0. The Hall–Kier alpha value is -4.16. The first kappa shape index (κ1) is 25.5. The van der Waals surface area contributed by atoms with Crippen LogP contribution < -0.4 is 15.2 Å². The van der Waals surface area contributed by atoms with E-state index in [9.17, 15) is 20.6 Å². The fraction of sp³-hybridized carbons (Fsp3) is 0.462. The lowest BCUT2D eigenvalue weighted by molar-refractivity contribution is 0.0999. The van der Waals surface area contributed by atoms with Gasteiger partial charge in [-0.3, -0.25) is 0 Å². The Labute approximate surface area is 205 Å². The first-order valence-electron chi connectivity index (χ1n) is 11.6. The Kier molecular flexibility index (Phi) is 7.89. The first-order chi connectivity index (χ1) is 16.9. The van der Waals surface area contributed by atoms with Crippen molar-refractivity contribution in [1.29, 1.82) is 15.8 Å². The molecule has 1 amide bonds. The minimum absolute atomic E-state index is 0.0793. The molecule has 1 aliphatic heterocycles. The number of amides is 1. The van der Waals surface area contributed by atoms with E-state index in [2.05, 4.69) is 25.1 Å². The maximum absolute atomic E-state index is 12.5. The molecule has 0 radical (unpaired) electrons. The number of benzene rings is 1. The van der Waals surface area contributed by atoms with E-state index < -0.39 is 23.3 Å². The van der Waals surface area contributed by atoms with Crippen molar-refractivity contribution in [3.8, 4) is 29.7 Å². The van der Waals surface area contributed by atoms with E-state index in [0.29, 0.717) is 29.2 Å². The second kappa shape index (κ2) is 10.8. The molecular formula is C26H29N5O4. The monoisotopic (exact) mass is 475 g/mol.